The second kappa shape index (κ2) is 7.62. The van der Waals surface area contributed by atoms with Gasteiger partial charge >= 0.3 is 5.97 Å². The Hall–Kier alpha value is -1.10. The molecule has 2 atom stereocenters. The molecule has 1 amide bonds. The molecule has 0 spiro atoms. The highest BCUT2D eigenvalue weighted by molar-refractivity contribution is 5.82. The number of carboxylic acids is 1. The van der Waals surface area contributed by atoms with E-state index in [9.17, 15) is 14.7 Å². The van der Waals surface area contributed by atoms with Gasteiger partial charge in [-0.2, -0.15) is 0 Å². The summed E-state index contributed by atoms with van der Waals surface area (Å²) in [5, 5.41) is 12.3. The fourth-order valence-electron chi connectivity index (χ4n) is 2.78. The summed E-state index contributed by atoms with van der Waals surface area (Å²) in [5.74, 6) is -0.901. The van der Waals surface area contributed by atoms with Crippen LogP contribution in [0.2, 0.25) is 0 Å². The maximum Gasteiger partial charge on any atom is 0.323 e. The van der Waals surface area contributed by atoms with E-state index in [0.717, 1.165) is 19.3 Å². The first kappa shape index (κ1) is 17.0. The van der Waals surface area contributed by atoms with Crippen LogP contribution in [-0.4, -0.2) is 46.6 Å². The van der Waals surface area contributed by atoms with Crippen molar-refractivity contribution in [3.05, 3.63) is 0 Å². The number of hydrogen-bond donors (Lipinski definition) is 2. The Morgan fingerprint density at radius 3 is 2.70 bits per heavy atom. The van der Waals surface area contributed by atoms with Crippen LogP contribution in [0.25, 0.3) is 0 Å². The standard InChI is InChI=1S/C15H28N2O3/c1-4-5-6-8-12(2)16-13(18)11-17-10-7-9-15(17,3)14(19)20/h12H,4-11H2,1-3H3,(H,16,18)(H,19,20). The Morgan fingerprint density at radius 2 is 2.10 bits per heavy atom. The topological polar surface area (TPSA) is 69.6 Å². The van der Waals surface area contributed by atoms with Crippen molar-refractivity contribution in [2.24, 2.45) is 0 Å². The predicted molar refractivity (Wildman–Crippen MR) is 78.6 cm³/mol. The monoisotopic (exact) mass is 284 g/mol. The third-order valence-corrected chi connectivity index (χ3v) is 4.23. The zero-order chi connectivity index (χ0) is 15.2. The highest BCUT2D eigenvalue weighted by Gasteiger charge is 2.43. The average Bonchev–Trinajstić information content (AvgIpc) is 2.72. The molecule has 0 aliphatic carbocycles. The Kier molecular flexibility index (Phi) is 6.46. The third kappa shape index (κ3) is 4.47. The number of carbonyl (C=O) groups excluding carboxylic acids is 1. The molecule has 1 fully saturated rings. The number of unbranched alkanes of at least 4 members (excludes halogenated alkanes) is 2. The molecule has 5 heteroatoms. The Balaban J connectivity index is 2.40. The summed E-state index contributed by atoms with van der Waals surface area (Å²) in [6.07, 6.45) is 5.91. The fraction of sp³-hybridized carbons (Fsp3) is 0.867. The van der Waals surface area contributed by atoms with E-state index in [4.69, 9.17) is 0 Å². The molecule has 2 unspecified atom stereocenters. The summed E-state index contributed by atoms with van der Waals surface area (Å²) in [6.45, 7) is 6.74. The summed E-state index contributed by atoms with van der Waals surface area (Å²) in [6, 6.07) is 0.160. The summed E-state index contributed by atoms with van der Waals surface area (Å²) in [5.41, 5.74) is -0.886. The van der Waals surface area contributed by atoms with Gasteiger partial charge in [-0.25, -0.2) is 0 Å². The normalized spacial score (nSPS) is 24.6. The summed E-state index contributed by atoms with van der Waals surface area (Å²) < 4.78 is 0. The van der Waals surface area contributed by atoms with Crippen LogP contribution < -0.4 is 5.32 Å². The van der Waals surface area contributed by atoms with E-state index in [1.807, 2.05) is 6.92 Å². The minimum Gasteiger partial charge on any atom is -0.480 e. The zero-order valence-electron chi connectivity index (χ0n) is 12.9. The highest BCUT2D eigenvalue weighted by Crippen LogP contribution is 2.28. The van der Waals surface area contributed by atoms with Crippen molar-refractivity contribution in [2.45, 2.75) is 70.9 Å². The molecule has 2 N–H and O–H groups in total. The molecule has 1 aliphatic rings. The van der Waals surface area contributed by atoms with Crippen molar-refractivity contribution in [2.75, 3.05) is 13.1 Å². The van der Waals surface area contributed by atoms with Gasteiger partial charge in [-0.3, -0.25) is 14.5 Å². The van der Waals surface area contributed by atoms with Gasteiger partial charge < -0.3 is 10.4 Å². The first-order chi connectivity index (χ1) is 9.40. The van der Waals surface area contributed by atoms with Crippen molar-refractivity contribution in [3.63, 3.8) is 0 Å². The Bertz CT molecular complexity index is 346. The van der Waals surface area contributed by atoms with E-state index >= 15 is 0 Å². The SMILES string of the molecule is CCCCCC(C)NC(=O)CN1CCCC1(C)C(=O)O. The van der Waals surface area contributed by atoms with Crippen molar-refractivity contribution in [3.8, 4) is 0 Å². The number of amides is 1. The highest BCUT2D eigenvalue weighted by atomic mass is 16.4. The molecule has 0 radical (unpaired) electrons. The second-order valence-electron chi connectivity index (χ2n) is 6.07. The first-order valence-electron chi connectivity index (χ1n) is 7.68. The number of aliphatic carboxylic acids is 1. The molecule has 0 aromatic heterocycles. The molecule has 20 heavy (non-hydrogen) atoms. The minimum atomic E-state index is -0.886. The summed E-state index contributed by atoms with van der Waals surface area (Å²) in [7, 11) is 0. The molecule has 1 heterocycles. The van der Waals surface area contributed by atoms with Crippen LogP contribution in [0.15, 0.2) is 0 Å². The Morgan fingerprint density at radius 1 is 1.40 bits per heavy atom. The maximum atomic E-state index is 12.0. The van der Waals surface area contributed by atoms with E-state index in [1.165, 1.54) is 12.8 Å². The van der Waals surface area contributed by atoms with Crippen LogP contribution in [-0.2, 0) is 9.59 Å². The molecule has 0 saturated carbocycles. The number of nitrogens with one attached hydrogen (secondary N) is 1. The van der Waals surface area contributed by atoms with Crippen LogP contribution in [0.1, 0.15) is 59.3 Å². The number of carbonyl (C=O) groups is 2. The second-order valence-corrected chi connectivity index (χ2v) is 6.07. The van der Waals surface area contributed by atoms with Crippen molar-refractivity contribution < 1.29 is 14.7 Å². The van der Waals surface area contributed by atoms with E-state index in [2.05, 4.69) is 12.2 Å². The zero-order valence-corrected chi connectivity index (χ0v) is 12.9. The maximum absolute atomic E-state index is 12.0. The number of rotatable bonds is 8. The van der Waals surface area contributed by atoms with Gasteiger partial charge in [0.2, 0.25) is 5.91 Å². The van der Waals surface area contributed by atoms with Gasteiger partial charge in [-0.15, -0.1) is 0 Å². The predicted octanol–water partition coefficient (Wildman–Crippen LogP) is 2.01. The van der Waals surface area contributed by atoms with Gasteiger partial charge in [0.25, 0.3) is 0 Å². The van der Waals surface area contributed by atoms with Crippen LogP contribution in [0.4, 0.5) is 0 Å². The van der Waals surface area contributed by atoms with Crippen molar-refractivity contribution in [1.29, 1.82) is 0 Å². The quantitative estimate of drug-likeness (QED) is 0.669. The van der Waals surface area contributed by atoms with Gasteiger partial charge in [-0.05, 0) is 39.7 Å². The molecule has 1 aliphatic heterocycles. The molecular weight excluding hydrogens is 256 g/mol. The van der Waals surface area contributed by atoms with Crippen LogP contribution >= 0.6 is 0 Å². The molecule has 5 nitrogen and oxygen atoms in total. The van der Waals surface area contributed by atoms with Gasteiger partial charge in [0.15, 0.2) is 0 Å². The number of nitrogens with zero attached hydrogens (tertiary/aromatic N) is 1. The summed E-state index contributed by atoms with van der Waals surface area (Å²) in [4.78, 5) is 25.1. The third-order valence-electron chi connectivity index (χ3n) is 4.23. The van der Waals surface area contributed by atoms with Crippen molar-refractivity contribution >= 4 is 11.9 Å². The van der Waals surface area contributed by atoms with E-state index in [1.54, 1.807) is 11.8 Å². The lowest BCUT2D eigenvalue weighted by Gasteiger charge is -2.30. The molecule has 0 aromatic carbocycles. The van der Waals surface area contributed by atoms with E-state index in [0.29, 0.717) is 13.0 Å². The van der Waals surface area contributed by atoms with Gasteiger partial charge in [0.05, 0.1) is 6.54 Å². The minimum absolute atomic E-state index is 0.0663. The van der Waals surface area contributed by atoms with Gasteiger partial charge in [0.1, 0.15) is 5.54 Å². The molecular formula is C15H28N2O3. The lowest BCUT2D eigenvalue weighted by Crippen LogP contribution is -2.52. The fourth-order valence-corrected chi connectivity index (χ4v) is 2.78. The van der Waals surface area contributed by atoms with E-state index < -0.39 is 11.5 Å². The summed E-state index contributed by atoms with van der Waals surface area (Å²) >= 11 is 0. The molecule has 116 valence electrons. The first-order valence-corrected chi connectivity index (χ1v) is 7.68. The smallest absolute Gasteiger partial charge is 0.323 e. The van der Waals surface area contributed by atoms with E-state index in [-0.39, 0.29) is 18.5 Å². The van der Waals surface area contributed by atoms with Crippen LogP contribution in [0, 0.1) is 0 Å². The molecule has 0 bridgehead atoms. The number of hydrogen-bond acceptors (Lipinski definition) is 3. The largest absolute Gasteiger partial charge is 0.480 e. The lowest BCUT2D eigenvalue weighted by atomic mass is 9.99. The average molecular weight is 284 g/mol. The molecule has 0 aromatic rings. The Labute approximate surface area is 121 Å². The number of carboxylic acid groups (broad SMARTS) is 1. The van der Waals surface area contributed by atoms with Crippen molar-refractivity contribution in [1.82, 2.24) is 10.2 Å². The van der Waals surface area contributed by atoms with Gasteiger partial charge in [-0.1, -0.05) is 26.2 Å². The van der Waals surface area contributed by atoms with Gasteiger partial charge in [0, 0.05) is 6.04 Å². The molecule has 1 saturated heterocycles. The van der Waals surface area contributed by atoms with Crippen LogP contribution in [0.3, 0.4) is 0 Å². The van der Waals surface area contributed by atoms with Crippen LogP contribution in [0.5, 0.6) is 0 Å². The molecule has 1 rings (SSSR count). The lowest BCUT2D eigenvalue weighted by molar-refractivity contribution is -0.149. The number of likely N-dealkylation sites (tertiary alicyclic amines) is 1.